The van der Waals surface area contributed by atoms with E-state index in [-0.39, 0.29) is 51.3 Å². The Morgan fingerprint density at radius 1 is 0.691 bits per heavy atom. The number of ether oxygens (including phenoxy) is 3. The highest BCUT2D eigenvalue weighted by molar-refractivity contribution is 6.02. The van der Waals surface area contributed by atoms with Crippen molar-refractivity contribution in [2.24, 2.45) is 0 Å². The lowest BCUT2D eigenvalue weighted by atomic mass is 9.98. The van der Waals surface area contributed by atoms with Gasteiger partial charge in [0.15, 0.2) is 0 Å². The van der Waals surface area contributed by atoms with Gasteiger partial charge < -0.3 is 34.6 Å². The zero-order valence-electron chi connectivity index (χ0n) is 31.8. The van der Waals surface area contributed by atoms with Crippen LogP contribution in [0, 0.1) is 0 Å². The van der Waals surface area contributed by atoms with Crippen LogP contribution in [0.25, 0.3) is 11.1 Å². The number of carbonyl (C=O) groups is 7. The number of hydrogen-bond donors (Lipinski definition) is 2. The smallest absolute Gasteiger partial charge is 0.410 e. The molecule has 4 unspecified atom stereocenters. The normalized spacial score (nSPS) is 22.3. The van der Waals surface area contributed by atoms with E-state index >= 15 is 0 Å². The molecule has 55 heavy (non-hydrogen) atoms. The SMILES string of the molecule is CC(C)(C)OC(=O)NC1CC(C(=O)N2CC(NC(=O)OC(C)(C)C)CC2C(=O)ON2C(=O)CCC2=O)N(C(=O)OCC2c3ccccc3-c3ccccc32)C1. The minimum atomic E-state index is -1.36. The Morgan fingerprint density at radius 3 is 1.67 bits per heavy atom. The van der Waals surface area contributed by atoms with E-state index in [0.717, 1.165) is 27.2 Å². The van der Waals surface area contributed by atoms with Gasteiger partial charge in [0.2, 0.25) is 5.91 Å². The Bertz CT molecular complexity index is 1820. The molecular weight excluding hydrogens is 714 g/mol. The molecular formula is C39H47N5O11. The Morgan fingerprint density at radius 2 is 1.16 bits per heavy atom. The van der Waals surface area contributed by atoms with Crippen LogP contribution in [-0.2, 0) is 38.2 Å². The molecule has 6 rings (SSSR count). The molecule has 6 amide bonds. The van der Waals surface area contributed by atoms with E-state index in [1.54, 1.807) is 41.5 Å². The van der Waals surface area contributed by atoms with Gasteiger partial charge in [-0.1, -0.05) is 48.5 Å². The third kappa shape index (κ3) is 8.84. The van der Waals surface area contributed by atoms with Crippen molar-refractivity contribution in [1.29, 1.82) is 0 Å². The van der Waals surface area contributed by atoms with Crippen LogP contribution in [0.3, 0.4) is 0 Å². The van der Waals surface area contributed by atoms with Crippen LogP contribution < -0.4 is 10.6 Å². The summed E-state index contributed by atoms with van der Waals surface area (Å²) in [4.78, 5) is 99.9. The maximum atomic E-state index is 14.6. The molecule has 2 N–H and O–H groups in total. The molecule has 0 radical (unpaired) electrons. The van der Waals surface area contributed by atoms with Gasteiger partial charge in [-0.2, -0.15) is 0 Å². The Balaban J connectivity index is 1.24. The van der Waals surface area contributed by atoms with Crippen LogP contribution >= 0.6 is 0 Å². The topological polar surface area (TPSA) is 190 Å². The van der Waals surface area contributed by atoms with Crippen LogP contribution in [0.4, 0.5) is 14.4 Å². The molecule has 294 valence electrons. The highest BCUT2D eigenvalue weighted by Gasteiger charge is 2.50. The first kappa shape index (κ1) is 39.0. The second kappa shape index (κ2) is 15.2. The second-order valence-corrected chi connectivity index (χ2v) is 16.1. The first-order valence-electron chi connectivity index (χ1n) is 18.4. The monoisotopic (exact) mass is 761 g/mol. The molecule has 16 nitrogen and oxygen atoms in total. The number of fused-ring (bicyclic) bond motifs is 3. The number of nitrogens with zero attached hydrogens (tertiary/aromatic N) is 3. The summed E-state index contributed by atoms with van der Waals surface area (Å²) >= 11 is 0. The van der Waals surface area contributed by atoms with Crippen molar-refractivity contribution in [3.63, 3.8) is 0 Å². The molecule has 2 aromatic carbocycles. The molecule has 3 aliphatic heterocycles. The van der Waals surface area contributed by atoms with E-state index in [0.29, 0.717) is 5.06 Å². The second-order valence-electron chi connectivity index (χ2n) is 16.1. The number of likely N-dealkylation sites (tertiary alicyclic amines) is 2. The molecule has 4 atom stereocenters. The third-order valence-corrected chi connectivity index (χ3v) is 9.64. The average Bonchev–Trinajstić information content (AvgIpc) is 3.86. The summed E-state index contributed by atoms with van der Waals surface area (Å²) in [7, 11) is 0. The van der Waals surface area contributed by atoms with Crippen LogP contribution in [0.15, 0.2) is 48.5 Å². The van der Waals surface area contributed by atoms with E-state index in [9.17, 15) is 33.6 Å². The Hall–Kier alpha value is -5.67. The number of nitrogens with one attached hydrogen (secondary N) is 2. The lowest BCUT2D eigenvalue weighted by molar-refractivity contribution is -0.201. The molecule has 1 aliphatic carbocycles. The maximum absolute atomic E-state index is 14.6. The molecule has 0 spiro atoms. The van der Waals surface area contributed by atoms with Gasteiger partial charge in [-0.3, -0.25) is 19.3 Å². The molecule has 2 aromatic rings. The highest BCUT2D eigenvalue weighted by atomic mass is 16.7. The fourth-order valence-corrected chi connectivity index (χ4v) is 7.41. The molecule has 3 heterocycles. The van der Waals surface area contributed by atoms with Crippen LogP contribution in [0.2, 0.25) is 0 Å². The van der Waals surface area contributed by atoms with E-state index < -0.39 is 77.3 Å². The van der Waals surface area contributed by atoms with Crippen molar-refractivity contribution in [1.82, 2.24) is 25.5 Å². The lowest BCUT2D eigenvalue weighted by Crippen LogP contribution is -2.52. The lowest BCUT2D eigenvalue weighted by Gasteiger charge is -2.30. The summed E-state index contributed by atoms with van der Waals surface area (Å²) in [6, 6.07) is 11.6. The number of carbonyl (C=O) groups excluding carboxylic acids is 7. The van der Waals surface area contributed by atoms with Gasteiger partial charge in [0.25, 0.3) is 11.8 Å². The first-order valence-corrected chi connectivity index (χ1v) is 18.4. The summed E-state index contributed by atoms with van der Waals surface area (Å²) in [6.07, 6.45) is -2.82. The Labute approximate surface area is 318 Å². The highest BCUT2D eigenvalue weighted by Crippen LogP contribution is 2.44. The molecule has 0 aromatic heterocycles. The van der Waals surface area contributed by atoms with E-state index in [4.69, 9.17) is 19.0 Å². The fraction of sp³-hybridized carbons (Fsp3) is 0.513. The maximum Gasteiger partial charge on any atom is 0.410 e. The van der Waals surface area contributed by atoms with Crippen LogP contribution in [-0.4, -0.2) is 112 Å². The zero-order valence-corrected chi connectivity index (χ0v) is 31.8. The predicted molar refractivity (Wildman–Crippen MR) is 194 cm³/mol. The Kier molecular flexibility index (Phi) is 10.8. The van der Waals surface area contributed by atoms with Gasteiger partial charge in [-0.15, -0.1) is 5.06 Å². The molecule has 16 heteroatoms. The summed E-state index contributed by atoms with van der Waals surface area (Å²) in [5.74, 6) is -3.44. The number of hydroxylamine groups is 2. The number of rotatable bonds is 7. The quantitative estimate of drug-likeness (QED) is 0.306. The largest absolute Gasteiger partial charge is 0.448 e. The van der Waals surface area contributed by atoms with Crippen LogP contribution in [0.1, 0.15) is 84.3 Å². The number of imide groups is 1. The minimum Gasteiger partial charge on any atom is -0.448 e. The summed E-state index contributed by atoms with van der Waals surface area (Å²) < 4.78 is 16.8. The number of hydrogen-bond acceptors (Lipinski definition) is 11. The van der Waals surface area contributed by atoms with E-state index in [2.05, 4.69) is 10.6 Å². The number of amides is 6. The zero-order chi connectivity index (χ0) is 39.8. The van der Waals surface area contributed by atoms with Crippen molar-refractivity contribution < 1.29 is 52.6 Å². The standard InChI is InChI=1S/C39H47N5O11/c1-38(2,3)53-35(49)40-22-17-29(43(20-22)37(51)52-21-28-26-13-9-7-11-24(26)25-12-8-10-14-27(25)28)33(47)42-19-23(41-36(50)54-39(4,5)6)18-30(42)34(48)55-44-31(45)15-16-32(44)46/h7-14,22-23,28-30H,15-21H2,1-6H3,(H,40,49)(H,41,50). The van der Waals surface area contributed by atoms with Gasteiger partial charge in [0.1, 0.15) is 29.9 Å². The molecule has 0 bridgehead atoms. The van der Waals surface area contributed by atoms with Crippen molar-refractivity contribution in [2.45, 2.75) is 109 Å². The molecule has 4 aliphatic rings. The summed E-state index contributed by atoms with van der Waals surface area (Å²) in [5, 5.41) is 5.80. The van der Waals surface area contributed by atoms with E-state index in [1.165, 1.54) is 4.90 Å². The van der Waals surface area contributed by atoms with Gasteiger partial charge in [-0.05, 0) is 70.2 Å². The molecule has 3 saturated heterocycles. The van der Waals surface area contributed by atoms with Gasteiger partial charge in [-0.25, -0.2) is 19.2 Å². The average molecular weight is 762 g/mol. The van der Waals surface area contributed by atoms with Crippen molar-refractivity contribution in [3.05, 3.63) is 59.7 Å². The number of benzene rings is 2. The van der Waals surface area contributed by atoms with Crippen molar-refractivity contribution in [2.75, 3.05) is 19.7 Å². The summed E-state index contributed by atoms with van der Waals surface area (Å²) in [5.41, 5.74) is 2.40. The fourth-order valence-electron chi connectivity index (χ4n) is 7.41. The van der Waals surface area contributed by atoms with Gasteiger partial charge in [0.05, 0.1) is 12.1 Å². The third-order valence-electron chi connectivity index (χ3n) is 9.64. The predicted octanol–water partition coefficient (Wildman–Crippen LogP) is 4.00. The molecule has 3 fully saturated rings. The molecule has 0 saturated carbocycles. The number of alkyl carbamates (subject to hydrolysis) is 2. The van der Waals surface area contributed by atoms with Crippen molar-refractivity contribution >= 4 is 42.0 Å². The first-order chi connectivity index (χ1) is 25.9. The minimum absolute atomic E-state index is 0.0349. The van der Waals surface area contributed by atoms with E-state index in [1.807, 2.05) is 48.5 Å². The van der Waals surface area contributed by atoms with Crippen molar-refractivity contribution in [3.8, 4) is 11.1 Å². The summed E-state index contributed by atoms with van der Waals surface area (Å²) in [6.45, 7) is 9.80. The van der Waals surface area contributed by atoms with Gasteiger partial charge in [0, 0.05) is 38.3 Å². The van der Waals surface area contributed by atoms with Crippen LogP contribution in [0.5, 0.6) is 0 Å². The van der Waals surface area contributed by atoms with Gasteiger partial charge >= 0.3 is 24.2 Å².